The Hall–Kier alpha value is -2.35. The first-order chi connectivity index (χ1) is 7.92. The van der Waals surface area contributed by atoms with Gasteiger partial charge in [0.05, 0.1) is 0 Å². The zero-order chi connectivity index (χ0) is 11.2. The first kappa shape index (κ1) is 10.2. The summed E-state index contributed by atoms with van der Waals surface area (Å²) >= 11 is 0. The van der Waals surface area contributed by atoms with Crippen LogP contribution in [0.15, 0.2) is 28.5 Å². The van der Waals surface area contributed by atoms with Gasteiger partial charge >= 0.3 is 0 Å². The van der Waals surface area contributed by atoms with Gasteiger partial charge in [0.1, 0.15) is 12.7 Å². The number of hydrogen-bond donors (Lipinski definition) is 1. The number of aryl methyl sites for hydroxylation is 1. The molecule has 0 radical (unpaired) electrons. The van der Waals surface area contributed by atoms with Gasteiger partial charge in [-0.15, -0.1) is 12.3 Å². The van der Waals surface area contributed by atoms with Crippen molar-refractivity contribution in [1.29, 1.82) is 0 Å². The highest BCUT2D eigenvalue weighted by Gasteiger charge is 2.10. The first-order valence-electron chi connectivity index (χ1n) is 4.89. The SMILES string of the molecule is C#CCCc1cccnc1N1C=NNC=N1. The van der Waals surface area contributed by atoms with Crippen LogP contribution in [0.25, 0.3) is 0 Å². The number of nitrogens with one attached hydrogen (secondary N) is 1. The monoisotopic (exact) mass is 213 g/mol. The van der Waals surface area contributed by atoms with Crippen LogP contribution in [0.4, 0.5) is 5.82 Å². The van der Waals surface area contributed by atoms with Crippen molar-refractivity contribution in [2.75, 3.05) is 5.01 Å². The lowest BCUT2D eigenvalue weighted by Crippen LogP contribution is -2.24. The molecule has 5 nitrogen and oxygen atoms in total. The van der Waals surface area contributed by atoms with Crippen LogP contribution in [0.5, 0.6) is 0 Å². The second-order valence-corrected chi connectivity index (χ2v) is 3.15. The maximum Gasteiger partial charge on any atom is 0.158 e. The van der Waals surface area contributed by atoms with Gasteiger partial charge in [-0.1, -0.05) is 6.07 Å². The fraction of sp³-hybridized carbons (Fsp3) is 0.182. The Morgan fingerprint density at radius 1 is 1.50 bits per heavy atom. The van der Waals surface area contributed by atoms with Crippen molar-refractivity contribution in [3.05, 3.63) is 23.9 Å². The Bertz CT molecular complexity index is 446. The van der Waals surface area contributed by atoms with Gasteiger partial charge in [0, 0.05) is 12.6 Å². The Morgan fingerprint density at radius 2 is 2.44 bits per heavy atom. The molecule has 1 aromatic rings. The number of anilines is 1. The Balaban J connectivity index is 2.25. The van der Waals surface area contributed by atoms with Gasteiger partial charge in [-0.25, -0.2) is 9.99 Å². The van der Waals surface area contributed by atoms with Crippen LogP contribution in [0.1, 0.15) is 12.0 Å². The van der Waals surface area contributed by atoms with E-state index in [1.165, 1.54) is 6.34 Å². The summed E-state index contributed by atoms with van der Waals surface area (Å²) in [5.74, 6) is 3.38. The standard InChI is InChI=1S/C11H11N5/c1-2-3-5-10-6-4-7-12-11(10)16-9-14-13-8-15-16/h1,4,6-9H,3,5H2,(H,13,15). The number of nitrogens with zero attached hydrogens (tertiary/aromatic N) is 4. The van der Waals surface area contributed by atoms with Crippen LogP contribution in [-0.2, 0) is 6.42 Å². The molecule has 80 valence electrons. The van der Waals surface area contributed by atoms with Crippen LogP contribution in [-0.4, -0.2) is 17.7 Å². The van der Waals surface area contributed by atoms with E-state index in [0.717, 1.165) is 17.8 Å². The van der Waals surface area contributed by atoms with Gasteiger partial charge in [0.25, 0.3) is 0 Å². The average Bonchev–Trinajstić information content (AvgIpc) is 2.38. The van der Waals surface area contributed by atoms with E-state index in [1.807, 2.05) is 12.1 Å². The molecule has 5 heteroatoms. The maximum absolute atomic E-state index is 5.25. The number of pyridine rings is 1. The maximum atomic E-state index is 5.25. The number of rotatable bonds is 3. The molecule has 0 saturated heterocycles. The second-order valence-electron chi connectivity index (χ2n) is 3.15. The number of hydrazone groups is 2. The third-order valence-corrected chi connectivity index (χ3v) is 2.10. The predicted octanol–water partition coefficient (Wildman–Crippen LogP) is 0.944. The van der Waals surface area contributed by atoms with Crippen LogP contribution < -0.4 is 10.4 Å². The fourth-order valence-corrected chi connectivity index (χ4v) is 1.39. The summed E-state index contributed by atoms with van der Waals surface area (Å²) < 4.78 is 0. The molecule has 1 aliphatic rings. The van der Waals surface area contributed by atoms with E-state index in [2.05, 4.69) is 26.5 Å². The molecule has 0 amide bonds. The van der Waals surface area contributed by atoms with Gasteiger partial charge in [0.2, 0.25) is 0 Å². The summed E-state index contributed by atoms with van der Waals surface area (Å²) in [6.45, 7) is 0. The average molecular weight is 213 g/mol. The normalized spacial score (nSPS) is 13.3. The van der Waals surface area contributed by atoms with E-state index >= 15 is 0 Å². The third-order valence-electron chi connectivity index (χ3n) is 2.10. The van der Waals surface area contributed by atoms with Crippen molar-refractivity contribution in [2.24, 2.45) is 10.2 Å². The minimum Gasteiger partial charge on any atom is -0.265 e. The highest BCUT2D eigenvalue weighted by atomic mass is 15.6. The molecule has 0 bridgehead atoms. The molecule has 0 aromatic carbocycles. The van der Waals surface area contributed by atoms with E-state index in [1.54, 1.807) is 17.5 Å². The summed E-state index contributed by atoms with van der Waals surface area (Å²) in [4.78, 5) is 4.28. The summed E-state index contributed by atoms with van der Waals surface area (Å²) in [6, 6.07) is 3.88. The van der Waals surface area contributed by atoms with E-state index in [9.17, 15) is 0 Å². The summed E-state index contributed by atoms with van der Waals surface area (Å²) in [6.07, 6.45) is 11.5. The summed E-state index contributed by atoms with van der Waals surface area (Å²) in [5, 5.41) is 9.59. The molecular weight excluding hydrogens is 202 g/mol. The second kappa shape index (κ2) is 4.94. The van der Waals surface area contributed by atoms with E-state index in [4.69, 9.17) is 6.42 Å². The van der Waals surface area contributed by atoms with Crippen LogP contribution in [0, 0.1) is 12.3 Å². The molecule has 0 spiro atoms. The van der Waals surface area contributed by atoms with Gasteiger partial charge in [0.15, 0.2) is 5.82 Å². The number of terminal acetylenes is 1. The minimum atomic E-state index is 0.686. The number of hydrogen-bond acceptors (Lipinski definition) is 5. The zero-order valence-corrected chi connectivity index (χ0v) is 8.67. The molecule has 16 heavy (non-hydrogen) atoms. The van der Waals surface area contributed by atoms with E-state index in [0.29, 0.717) is 6.42 Å². The lowest BCUT2D eigenvalue weighted by atomic mass is 10.1. The van der Waals surface area contributed by atoms with Crippen molar-refractivity contribution < 1.29 is 0 Å². The van der Waals surface area contributed by atoms with Gasteiger partial charge in [-0.3, -0.25) is 5.43 Å². The molecule has 0 unspecified atom stereocenters. The molecule has 1 aromatic heterocycles. The predicted molar refractivity (Wildman–Crippen MR) is 64.0 cm³/mol. The topological polar surface area (TPSA) is 52.9 Å². The fourth-order valence-electron chi connectivity index (χ4n) is 1.39. The van der Waals surface area contributed by atoms with Gasteiger partial charge < -0.3 is 0 Å². The van der Waals surface area contributed by atoms with Crippen molar-refractivity contribution in [3.8, 4) is 12.3 Å². The molecule has 0 fully saturated rings. The molecule has 2 rings (SSSR count). The third kappa shape index (κ3) is 2.17. The highest BCUT2D eigenvalue weighted by molar-refractivity contribution is 5.82. The molecule has 0 aliphatic carbocycles. The van der Waals surface area contributed by atoms with Crippen LogP contribution >= 0.6 is 0 Å². The minimum absolute atomic E-state index is 0.686. The molecule has 2 heterocycles. The molecule has 1 aliphatic heterocycles. The molecular formula is C11H11N5. The zero-order valence-electron chi connectivity index (χ0n) is 8.67. The smallest absolute Gasteiger partial charge is 0.158 e. The molecule has 0 atom stereocenters. The summed E-state index contributed by atoms with van der Waals surface area (Å²) in [5.41, 5.74) is 3.68. The van der Waals surface area contributed by atoms with Crippen molar-refractivity contribution >= 4 is 18.5 Å². The van der Waals surface area contributed by atoms with Crippen molar-refractivity contribution in [1.82, 2.24) is 10.4 Å². The van der Waals surface area contributed by atoms with Gasteiger partial charge in [-0.2, -0.15) is 10.2 Å². The van der Waals surface area contributed by atoms with E-state index < -0.39 is 0 Å². The van der Waals surface area contributed by atoms with Crippen molar-refractivity contribution in [3.63, 3.8) is 0 Å². The highest BCUT2D eigenvalue weighted by Crippen LogP contribution is 2.18. The first-order valence-corrected chi connectivity index (χ1v) is 4.89. The van der Waals surface area contributed by atoms with Crippen molar-refractivity contribution in [2.45, 2.75) is 12.8 Å². The largest absolute Gasteiger partial charge is 0.265 e. The quantitative estimate of drug-likeness (QED) is 0.760. The molecule has 0 saturated carbocycles. The Labute approximate surface area is 93.9 Å². The molecule has 1 N–H and O–H groups in total. The Kier molecular flexibility index (Phi) is 3.14. The lowest BCUT2D eigenvalue weighted by molar-refractivity contribution is 0.936. The lowest BCUT2D eigenvalue weighted by Gasteiger charge is -2.17. The van der Waals surface area contributed by atoms with Gasteiger partial charge in [-0.05, 0) is 18.1 Å². The van der Waals surface area contributed by atoms with Crippen LogP contribution in [0.3, 0.4) is 0 Å². The van der Waals surface area contributed by atoms with Crippen LogP contribution in [0.2, 0.25) is 0 Å². The summed E-state index contributed by atoms with van der Waals surface area (Å²) in [7, 11) is 0. The number of aromatic nitrogens is 1. The van der Waals surface area contributed by atoms with E-state index in [-0.39, 0.29) is 0 Å². The Morgan fingerprint density at radius 3 is 3.19 bits per heavy atom.